The van der Waals surface area contributed by atoms with Crippen molar-refractivity contribution in [3.8, 4) is 11.3 Å². The van der Waals surface area contributed by atoms with Crippen molar-refractivity contribution >= 4 is 22.5 Å². The van der Waals surface area contributed by atoms with Gasteiger partial charge < -0.3 is 0 Å². The zero-order valence-corrected chi connectivity index (χ0v) is 10.6. The predicted molar refractivity (Wildman–Crippen MR) is 74.7 cm³/mol. The lowest BCUT2D eigenvalue weighted by Crippen LogP contribution is -1.91. The Labute approximate surface area is 110 Å². The molecule has 3 aromatic rings. The highest BCUT2D eigenvalue weighted by Gasteiger charge is 2.09. The molecular weight excluding hydrogens is 244 g/mol. The number of rotatable bonds is 1. The number of halogens is 1. The van der Waals surface area contributed by atoms with Crippen LogP contribution in [0.2, 0.25) is 5.15 Å². The highest BCUT2D eigenvalue weighted by molar-refractivity contribution is 6.30. The monoisotopic (exact) mass is 254 g/mol. The summed E-state index contributed by atoms with van der Waals surface area (Å²) in [4.78, 5) is 8.79. The molecule has 0 N–H and O–H groups in total. The molecule has 0 fully saturated rings. The maximum atomic E-state index is 6.07. The summed E-state index contributed by atoms with van der Waals surface area (Å²) in [5.41, 5.74) is 4.04. The molecule has 0 spiro atoms. The lowest BCUT2D eigenvalue weighted by molar-refractivity contribution is 1.31. The molecule has 3 rings (SSSR count). The molecule has 0 saturated heterocycles. The van der Waals surface area contributed by atoms with E-state index in [1.165, 1.54) is 5.56 Å². The van der Waals surface area contributed by atoms with Gasteiger partial charge in [-0.3, -0.25) is 4.98 Å². The quantitative estimate of drug-likeness (QED) is 0.607. The molecular formula is C15H11ClN2. The second kappa shape index (κ2) is 4.39. The van der Waals surface area contributed by atoms with Gasteiger partial charge in [-0.1, -0.05) is 35.9 Å². The average molecular weight is 255 g/mol. The van der Waals surface area contributed by atoms with Gasteiger partial charge in [0.15, 0.2) is 0 Å². The lowest BCUT2D eigenvalue weighted by atomic mass is 10.0. The number of aryl methyl sites for hydroxylation is 1. The molecule has 2 heterocycles. The van der Waals surface area contributed by atoms with Crippen molar-refractivity contribution in [2.45, 2.75) is 6.92 Å². The fourth-order valence-corrected chi connectivity index (χ4v) is 2.28. The van der Waals surface area contributed by atoms with Crippen molar-refractivity contribution in [2.24, 2.45) is 0 Å². The largest absolute Gasteiger partial charge is 0.256 e. The number of hydrogen-bond acceptors (Lipinski definition) is 2. The van der Waals surface area contributed by atoms with Crippen LogP contribution in [0.1, 0.15) is 5.56 Å². The normalized spacial score (nSPS) is 10.8. The first-order chi connectivity index (χ1) is 8.75. The van der Waals surface area contributed by atoms with Gasteiger partial charge in [0.25, 0.3) is 0 Å². The van der Waals surface area contributed by atoms with Gasteiger partial charge in [0.05, 0.1) is 11.2 Å². The smallest absolute Gasteiger partial charge is 0.131 e. The zero-order valence-electron chi connectivity index (χ0n) is 9.89. The van der Waals surface area contributed by atoms with Gasteiger partial charge in [-0.2, -0.15) is 0 Å². The molecule has 88 valence electrons. The van der Waals surface area contributed by atoms with Gasteiger partial charge in [-0.05, 0) is 24.6 Å². The molecule has 0 atom stereocenters. The number of pyridine rings is 2. The van der Waals surface area contributed by atoms with Crippen LogP contribution < -0.4 is 0 Å². The van der Waals surface area contributed by atoms with E-state index in [-0.39, 0.29) is 0 Å². The van der Waals surface area contributed by atoms with Crippen molar-refractivity contribution in [3.05, 3.63) is 59.4 Å². The first-order valence-corrected chi connectivity index (χ1v) is 6.11. The van der Waals surface area contributed by atoms with Crippen LogP contribution in [0.25, 0.3) is 22.2 Å². The van der Waals surface area contributed by atoms with Crippen molar-refractivity contribution in [3.63, 3.8) is 0 Å². The Morgan fingerprint density at radius 1 is 1.06 bits per heavy atom. The van der Waals surface area contributed by atoms with Crippen LogP contribution in [-0.2, 0) is 0 Å². The molecule has 0 radical (unpaired) electrons. The minimum Gasteiger partial charge on any atom is -0.256 e. The van der Waals surface area contributed by atoms with Crippen molar-refractivity contribution in [1.29, 1.82) is 0 Å². The van der Waals surface area contributed by atoms with Gasteiger partial charge in [-0.15, -0.1) is 0 Å². The minimum absolute atomic E-state index is 0.472. The number of aromatic nitrogens is 2. The minimum atomic E-state index is 0.472. The van der Waals surface area contributed by atoms with Crippen molar-refractivity contribution in [1.82, 2.24) is 9.97 Å². The molecule has 3 heteroatoms. The molecule has 2 nitrogen and oxygen atoms in total. The molecule has 0 aliphatic heterocycles. The molecule has 0 aliphatic rings. The topological polar surface area (TPSA) is 25.8 Å². The zero-order chi connectivity index (χ0) is 12.5. The summed E-state index contributed by atoms with van der Waals surface area (Å²) in [6, 6.07) is 13.9. The summed E-state index contributed by atoms with van der Waals surface area (Å²) in [5.74, 6) is 0. The Hall–Kier alpha value is -1.93. The third-order valence-corrected chi connectivity index (χ3v) is 3.16. The highest BCUT2D eigenvalue weighted by Crippen LogP contribution is 2.29. The van der Waals surface area contributed by atoms with E-state index in [0.29, 0.717) is 5.15 Å². The Kier molecular flexibility index (Phi) is 2.73. The fourth-order valence-electron chi connectivity index (χ4n) is 2.09. The molecule has 0 unspecified atom stereocenters. The maximum Gasteiger partial charge on any atom is 0.131 e. The van der Waals surface area contributed by atoms with Gasteiger partial charge in [0.1, 0.15) is 5.15 Å². The van der Waals surface area contributed by atoms with Gasteiger partial charge in [-0.25, -0.2) is 4.98 Å². The number of benzene rings is 1. The Morgan fingerprint density at radius 3 is 2.72 bits per heavy atom. The first kappa shape index (κ1) is 11.2. The standard InChI is InChI=1S/C15H11ClN2/c1-10-5-2-3-6-11(10)15-12-7-4-8-17-13(12)9-14(16)18-15/h2-9H,1H3. The molecule has 0 bridgehead atoms. The van der Waals surface area contributed by atoms with Gasteiger partial charge in [0, 0.05) is 23.2 Å². The SMILES string of the molecule is Cc1ccccc1-c1nc(Cl)cc2ncccc12. The molecule has 18 heavy (non-hydrogen) atoms. The van der Waals surface area contributed by atoms with Crippen LogP contribution >= 0.6 is 11.6 Å². The van der Waals surface area contributed by atoms with Crippen LogP contribution in [0.3, 0.4) is 0 Å². The second-order valence-electron chi connectivity index (χ2n) is 4.18. The summed E-state index contributed by atoms with van der Waals surface area (Å²) in [5, 5.41) is 1.50. The number of nitrogens with zero attached hydrogens (tertiary/aromatic N) is 2. The molecule has 0 amide bonds. The third kappa shape index (κ3) is 1.85. The maximum absolute atomic E-state index is 6.07. The van der Waals surface area contributed by atoms with Crippen molar-refractivity contribution < 1.29 is 0 Å². The van der Waals surface area contributed by atoms with Crippen molar-refractivity contribution in [2.75, 3.05) is 0 Å². The molecule has 2 aromatic heterocycles. The molecule has 0 aliphatic carbocycles. The van der Waals surface area contributed by atoms with E-state index in [1.807, 2.05) is 24.3 Å². The molecule has 1 aromatic carbocycles. The fraction of sp³-hybridized carbons (Fsp3) is 0.0667. The van der Waals surface area contributed by atoms with E-state index in [2.05, 4.69) is 29.0 Å². The van der Waals surface area contributed by atoms with Crippen LogP contribution in [0.4, 0.5) is 0 Å². The highest BCUT2D eigenvalue weighted by atomic mass is 35.5. The third-order valence-electron chi connectivity index (χ3n) is 2.97. The van der Waals surface area contributed by atoms with Crippen LogP contribution in [0.15, 0.2) is 48.7 Å². The van der Waals surface area contributed by atoms with Crippen LogP contribution in [-0.4, -0.2) is 9.97 Å². The number of hydrogen-bond donors (Lipinski definition) is 0. The van der Waals surface area contributed by atoms with Gasteiger partial charge >= 0.3 is 0 Å². The van der Waals surface area contributed by atoms with E-state index < -0.39 is 0 Å². The van der Waals surface area contributed by atoms with Crippen LogP contribution in [0.5, 0.6) is 0 Å². The van der Waals surface area contributed by atoms with E-state index in [9.17, 15) is 0 Å². The average Bonchev–Trinajstić information content (AvgIpc) is 2.38. The Bertz CT molecular complexity index is 723. The predicted octanol–water partition coefficient (Wildman–Crippen LogP) is 4.26. The lowest BCUT2D eigenvalue weighted by Gasteiger charge is -2.08. The van der Waals surface area contributed by atoms with E-state index in [1.54, 1.807) is 12.3 Å². The summed E-state index contributed by atoms with van der Waals surface area (Å²) in [7, 11) is 0. The summed E-state index contributed by atoms with van der Waals surface area (Å²) in [6.07, 6.45) is 1.76. The van der Waals surface area contributed by atoms with E-state index in [0.717, 1.165) is 22.2 Å². The summed E-state index contributed by atoms with van der Waals surface area (Å²) < 4.78 is 0. The Balaban J connectivity index is 2.39. The summed E-state index contributed by atoms with van der Waals surface area (Å²) in [6.45, 7) is 2.07. The summed E-state index contributed by atoms with van der Waals surface area (Å²) >= 11 is 6.07. The second-order valence-corrected chi connectivity index (χ2v) is 4.57. The van der Waals surface area contributed by atoms with E-state index >= 15 is 0 Å². The van der Waals surface area contributed by atoms with Crippen LogP contribution in [0, 0.1) is 6.92 Å². The first-order valence-electron chi connectivity index (χ1n) is 5.73. The number of fused-ring (bicyclic) bond motifs is 1. The van der Waals surface area contributed by atoms with Gasteiger partial charge in [0.2, 0.25) is 0 Å². The van der Waals surface area contributed by atoms with E-state index in [4.69, 9.17) is 11.6 Å². The molecule has 0 saturated carbocycles. The Morgan fingerprint density at radius 2 is 1.89 bits per heavy atom.